The van der Waals surface area contributed by atoms with Gasteiger partial charge in [0, 0.05) is 31.3 Å². The van der Waals surface area contributed by atoms with E-state index < -0.39 is 0 Å². The molecule has 2 aromatic carbocycles. The molecule has 2 aromatic rings. The maximum Gasteiger partial charge on any atom is 0.00308 e. The molecule has 29 heavy (non-hydrogen) atoms. The first kappa shape index (κ1) is 26.1. The number of hydrogen-bond acceptors (Lipinski definition) is 0. The Balaban J connectivity index is 0.00000140. The van der Waals surface area contributed by atoms with Crippen molar-refractivity contribution in [3.05, 3.63) is 93.6 Å². The molecule has 0 spiro atoms. The average Bonchev–Trinajstić information content (AvgIpc) is 3.05. The van der Waals surface area contributed by atoms with Crippen LogP contribution in [-0.2, 0) is 25.8 Å². The first-order valence-electron chi connectivity index (χ1n) is 9.56. The predicted molar refractivity (Wildman–Crippen MR) is 112 cm³/mol. The first-order valence-corrected chi connectivity index (χ1v) is 9.56. The third-order valence-electron chi connectivity index (χ3n) is 6.67. The van der Waals surface area contributed by atoms with E-state index in [9.17, 15) is 0 Å². The van der Waals surface area contributed by atoms with Gasteiger partial charge in [-0.2, -0.15) is 0 Å². The normalized spacial score (nSPS) is 19.1. The predicted octanol–water partition coefficient (Wildman–Crippen LogP) is 1.19. The summed E-state index contributed by atoms with van der Waals surface area (Å²) in [7, 11) is 0. The van der Waals surface area contributed by atoms with Crippen LogP contribution in [0.5, 0.6) is 0 Å². The Bertz CT molecular complexity index is 995. The molecule has 0 bridgehead atoms. The Morgan fingerprint density at radius 2 is 1.45 bits per heavy atom. The third-order valence-corrected chi connectivity index (χ3v) is 6.67. The fourth-order valence-corrected chi connectivity index (χ4v) is 4.75. The summed E-state index contributed by atoms with van der Waals surface area (Å²) < 4.78 is 0. The summed E-state index contributed by atoms with van der Waals surface area (Å²) in [6.45, 7) is 13.9. The van der Waals surface area contributed by atoms with Gasteiger partial charge < -0.3 is 24.8 Å². The van der Waals surface area contributed by atoms with Crippen molar-refractivity contribution in [3.8, 4) is 0 Å². The van der Waals surface area contributed by atoms with Gasteiger partial charge in [-0.15, -0.1) is 28.8 Å². The van der Waals surface area contributed by atoms with Crippen LogP contribution >= 0.6 is 0 Å². The van der Waals surface area contributed by atoms with Crippen molar-refractivity contribution in [2.45, 2.75) is 47.5 Å². The Hall–Kier alpha value is -0.890. The SMILES string of the molecule is CC1=C(C)C(C)(C)C(c2cccc3c2[C-]=C(c2ccccc2)C3C)=C1C.[Cl-].[Cl-].[Hf]. The molecule has 1 unspecified atom stereocenters. The van der Waals surface area contributed by atoms with Crippen LogP contribution in [0.15, 0.2) is 65.3 Å². The van der Waals surface area contributed by atoms with E-state index in [0.717, 1.165) is 0 Å². The van der Waals surface area contributed by atoms with Gasteiger partial charge in [0.05, 0.1) is 0 Å². The summed E-state index contributed by atoms with van der Waals surface area (Å²) >= 11 is 0. The Morgan fingerprint density at radius 1 is 0.828 bits per heavy atom. The standard InChI is InChI=1S/C26H27.2ClH.Hf/c1-16-17(2)25(26(5,6)19(16)4)22-14-10-13-21-18(3)23(15-24(21)22)20-11-8-7-9-12-20;;;/h7-14,18H,1-6H3;2*1H;/q-1;;;/p-2. The van der Waals surface area contributed by atoms with E-state index in [2.05, 4.69) is 96.1 Å². The minimum Gasteiger partial charge on any atom is -1.00 e. The van der Waals surface area contributed by atoms with Crippen LogP contribution in [0.4, 0.5) is 0 Å². The summed E-state index contributed by atoms with van der Waals surface area (Å²) in [5.41, 5.74) is 12.6. The van der Waals surface area contributed by atoms with Crippen molar-refractivity contribution in [1.29, 1.82) is 0 Å². The van der Waals surface area contributed by atoms with Crippen LogP contribution < -0.4 is 24.8 Å². The van der Waals surface area contributed by atoms with Gasteiger partial charge in [-0.25, -0.2) is 0 Å². The number of halogens is 2. The van der Waals surface area contributed by atoms with E-state index in [-0.39, 0.29) is 56.1 Å². The molecule has 0 radical (unpaired) electrons. The van der Waals surface area contributed by atoms with E-state index in [4.69, 9.17) is 0 Å². The second kappa shape index (κ2) is 9.50. The van der Waals surface area contributed by atoms with Crippen molar-refractivity contribution < 1.29 is 50.7 Å². The Morgan fingerprint density at radius 3 is 2.00 bits per heavy atom. The van der Waals surface area contributed by atoms with Crippen LogP contribution in [0.2, 0.25) is 0 Å². The molecule has 0 nitrogen and oxygen atoms in total. The maximum atomic E-state index is 3.80. The van der Waals surface area contributed by atoms with Gasteiger partial charge in [0.25, 0.3) is 0 Å². The first-order chi connectivity index (χ1) is 12.3. The summed E-state index contributed by atoms with van der Waals surface area (Å²) in [6.07, 6.45) is 3.80. The molecule has 0 fully saturated rings. The zero-order chi connectivity index (χ0) is 18.6. The van der Waals surface area contributed by atoms with Gasteiger partial charge in [-0.3, -0.25) is 0 Å². The summed E-state index contributed by atoms with van der Waals surface area (Å²) in [4.78, 5) is 0. The fourth-order valence-electron chi connectivity index (χ4n) is 4.75. The van der Waals surface area contributed by atoms with Crippen LogP contribution in [0.3, 0.4) is 0 Å². The Labute approximate surface area is 207 Å². The number of fused-ring (bicyclic) bond motifs is 1. The van der Waals surface area contributed by atoms with Crippen molar-refractivity contribution in [2.75, 3.05) is 0 Å². The molecule has 0 saturated carbocycles. The monoisotopic (exact) mass is 589 g/mol. The topological polar surface area (TPSA) is 0 Å². The van der Waals surface area contributed by atoms with Gasteiger partial charge in [0.15, 0.2) is 0 Å². The molecule has 0 aromatic heterocycles. The molecule has 152 valence electrons. The molecule has 0 aliphatic heterocycles. The second-order valence-corrected chi connectivity index (χ2v) is 8.27. The van der Waals surface area contributed by atoms with Gasteiger partial charge in [0.2, 0.25) is 0 Å². The summed E-state index contributed by atoms with van der Waals surface area (Å²) in [5, 5.41) is 0. The molecule has 2 aliphatic carbocycles. The summed E-state index contributed by atoms with van der Waals surface area (Å²) in [6, 6.07) is 17.5. The molecular formula is C26H27Cl2Hf-3. The second-order valence-electron chi connectivity index (χ2n) is 8.27. The maximum absolute atomic E-state index is 3.80. The van der Waals surface area contributed by atoms with Crippen LogP contribution in [0.25, 0.3) is 11.1 Å². The van der Waals surface area contributed by atoms with Gasteiger partial charge in [-0.1, -0.05) is 91.1 Å². The molecule has 0 N–H and O–H groups in total. The van der Waals surface area contributed by atoms with Gasteiger partial charge in [0.1, 0.15) is 0 Å². The molecule has 2 aliphatic rings. The molecular weight excluding hydrogens is 562 g/mol. The zero-order valence-electron chi connectivity index (χ0n) is 18.0. The van der Waals surface area contributed by atoms with E-state index in [0.29, 0.717) is 5.92 Å². The number of hydrogen-bond donors (Lipinski definition) is 0. The minimum absolute atomic E-state index is 0. The smallest absolute Gasteiger partial charge is 0.00308 e. The van der Waals surface area contributed by atoms with Crippen molar-refractivity contribution in [1.82, 2.24) is 0 Å². The van der Waals surface area contributed by atoms with E-state index in [1.54, 1.807) is 0 Å². The molecule has 4 rings (SSSR count). The van der Waals surface area contributed by atoms with Crippen molar-refractivity contribution in [3.63, 3.8) is 0 Å². The van der Waals surface area contributed by atoms with E-state index >= 15 is 0 Å². The largest absolute Gasteiger partial charge is 1.00 e. The Kier molecular flexibility index (Phi) is 8.56. The van der Waals surface area contributed by atoms with Crippen molar-refractivity contribution >= 4 is 11.1 Å². The van der Waals surface area contributed by atoms with Crippen molar-refractivity contribution in [2.24, 2.45) is 5.41 Å². The molecule has 1 atom stereocenters. The zero-order valence-corrected chi connectivity index (χ0v) is 23.1. The summed E-state index contributed by atoms with van der Waals surface area (Å²) in [5.74, 6) is 0.382. The number of allylic oxidation sites excluding steroid dienone is 5. The van der Waals surface area contributed by atoms with Gasteiger partial charge in [-0.05, 0) is 32.3 Å². The number of benzene rings is 2. The third kappa shape index (κ3) is 4.03. The van der Waals surface area contributed by atoms with Crippen LogP contribution in [-0.4, -0.2) is 0 Å². The quantitative estimate of drug-likeness (QED) is 0.366. The van der Waals surface area contributed by atoms with E-state index in [1.807, 2.05) is 0 Å². The number of rotatable bonds is 2. The van der Waals surface area contributed by atoms with Crippen LogP contribution in [0.1, 0.15) is 69.7 Å². The minimum atomic E-state index is 0. The molecule has 0 amide bonds. The molecule has 0 saturated heterocycles. The molecule has 0 heterocycles. The van der Waals surface area contributed by atoms with Gasteiger partial charge >= 0.3 is 0 Å². The average molecular weight is 589 g/mol. The van der Waals surface area contributed by atoms with E-state index in [1.165, 1.54) is 50.1 Å². The van der Waals surface area contributed by atoms with Crippen LogP contribution in [0, 0.1) is 11.5 Å². The molecule has 3 heteroatoms. The fraction of sp³-hybridized carbons (Fsp3) is 0.308.